The summed E-state index contributed by atoms with van der Waals surface area (Å²) in [5, 5.41) is 15.0. The van der Waals surface area contributed by atoms with Crippen LogP contribution in [-0.2, 0) is 11.3 Å². The van der Waals surface area contributed by atoms with Crippen molar-refractivity contribution in [2.45, 2.75) is 44.2 Å². The second kappa shape index (κ2) is 7.47. The van der Waals surface area contributed by atoms with Gasteiger partial charge in [-0.1, -0.05) is 25.0 Å². The van der Waals surface area contributed by atoms with Crippen LogP contribution >= 0.6 is 0 Å². The number of hydrogen-bond acceptors (Lipinski definition) is 4. The van der Waals surface area contributed by atoms with Gasteiger partial charge in [-0.05, 0) is 37.5 Å². The van der Waals surface area contributed by atoms with Crippen LogP contribution in [-0.4, -0.2) is 44.4 Å². The molecule has 0 unspecified atom stereocenters. The third kappa shape index (κ3) is 3.58. The molecule has 1 amide bonds. The Labute approximate surface area is 162 Å². The van der Waals surface area contributed by atoms with Gasteiger partial charge in [-0.2, -0.15) is 5.10 Å². The molecule has 1 saturated carbocycles. The molecule has 0 radical (unpaired) electrons. The normalized spacial score (nSPS) is 24.6. The molecule has 1 aliphatic carbocycles. The molecule has 28 heavy (non-hydrogen) atoms. The number of aliphatic hydroxyl groups is 1. The second-order valence-corrected chi connectivity index (χ2v) is 7.83. The van der Waals surface area contributed by atoms with Crippen molar-refractivity contribution in [1.82, 2.24) is 14.7 Å². The summed E-state index contributed by atoms with van der Waals surface area (Å²) < 4.78 is 15.1. The summed E-state index contributed by atoms with van der Waals surface area (Å²) in [4.78, 5) is 26.7. The van der Waals surface area contributed by atoms with E-state index in [1.165, 1.54) is 18.2 Å². The van der Waals surface area contributed by atoms with Crippen LogP contribution in [0.2, 0.25) is 0 Å². The lowest BCUT2D eigenvalue weighted by Gasteiger charge is -2.47. The average molecular weight is 385 g/mol. The lowest BCUT2D eigenvalue weighted by Crippen LogP contribution is -2.55. The Hall–Kier alpha value is -2.54. The molecule has 7 heteroatoms. The van der Waals surface area contributed by atoms with E-state index in [9.17, 15) is 19.1 Å². The highest BCUT2D eigenvalue weighted by atomic mass is 19.1. The van der Waals surface area contributed by atoms with Crippen molar-refractivity contribution in [1.29, 1.82) is 0 Å². The number of carbonyl (C=O) groups is 1. The van der Waals surface area contributed by atoms with Gasteiger partial charge in [-0.25, -0.2) is 9.07 Å². The lowest BCUT2D eigenvalue weighted by atomic mass is 9.71. The molecule has 1 aliphatic heterocycles. The van der Waals surface area contributed by atoms with E-state index in [2.05, 4.69) is 5.10 Å². The van der Waals surface area contributed by atoms with Crippen molar-refractivity contribution in [3.8, 4) is 11.3 Å². The highest BCUT2D eigenvalue weighted by molar-refractivity contribution is 5.76. The fourth-order valence-electron chi connectivity index (χ4n) is 4.40. The number of piperidine rings is 1. The van der Waals surface area contributed by atoms with Gasteiger partial charge < -0.3 is 10.0 Å². The number of nitrogens with zero attached hydrogens (tertiary/aromatic N) is 3. The van der Waals surface area contributed by atoms with Crippen molar-refractivity contribution in [3.05, 3.63) is 52.6 Å². The second-order valence-electron chi connectivity index (χ2n) is 7.83. The smallest absolute Gasteiger partial charge is 0.267 e. The molecule has 0 bridgehead atoms. The van der Waals surface area contributed by atoms with E-state index in [4.69, 9.17) is 0 Å². The minimum atomic E-state index is -0.658. The summed E-state index contributed by atoms with van der Waals surface area (Å²) in [6.45, 7) is 0.803. The maximum atomic E-state index is 14.0. The Kier molecular flexibility index (Phi) is 5.02. The van der Waals surface area contributed by atoms with Crippen LogP contribution in [0.25, 0.3) is 11.3 Å². The maximum absolute atomic E-state index is 14.0. The van der Waals surface area contributed by atoms with E-state index in [0.29, 0.717) is 25.2 Å². The zero-order valence-corrected chi connectivity index (χ0v) is 15.7. The third-order valence-corrected chi connectivity index (χ3v) is 6.08. The monoisotopic (exact) mass is 385 g/mol. The molecule has 148 valence electrons. The summed E-state index contributed by atoms with van der Waals surface area (Å²) in [6, 6.07) is 8.96. The van der Waals surface area contributed by atoms with Gasteiger partial charge in [-0.15, -0.1) is 0 Å². The van der Waals surface area contributed by atoms with Crippen LogP contribution in [0.5, 0.6) is 0 Å². The zero-order chi connectivity index (χ0) is 19.7. The number of fused-ring (bicyclic) bond motifs is 1. The summed E-state index contributed by atoms with van der Waals surface area (Å²) in [6.07, 6.45) is 4.39. The largest absolute Gasteiger partial charge is 0.389 e. The van der Waals surface area contributed by atoms with Crippen molar-refractivity contribution in [3.63, 3.8) is 0 Å². The molecular weight excluding hydrogens is 361 g/mol. The van der Waals surface area contributed by atoms with E-state index >= 15 is 0 Å². The predicted molar refractivity (Wildman–Crippen MR) is 102 cm³/mol. The van der Waals surface area contributed by atoms with Crippen LogP contribution < -0.4 is 5.56 Å². The van der Waals surface area contributed by atoms with E-state index < -0.39 is 17.0 Å². The number of rotatable bonds is 3. The Morgan fingerprint density at radius 3 is 2.86 bits per heavy atom. The van der Waals surface area contributed by atoms with E-state index in [0.717, 1.165) is 30.4 Å². The van der Waals surface area contributed by atoms with E-state index in [-0.39, 0.29) is 23.9 Å². The number of amides is 1. The number of carbonyl (C=O) groups excluding carboxylic acids is 1. The van der Waals surface area contributed by atoms with E-state index in [1.54, 1.807) is 23.1 Å². The fourth-order valence-corrected chi connectivity index (χ4v) is 4.40. The first-order valence-electron chi connectivity index (χ1n) is 9.79. The SMILES string of the molecule is O=C(Cn1nc(-c2ccccc2F)ccc1=O)N1CC[C@]2(O)CCCC[C@H]2C1. The van der Waals surface area contributed by atoms with Crippen LogP contribution in [0.15, 0.2) is 41.2 Å². The first-order valence-corrected chi connectivity index (χ1v) is 9.79. The van der Waals surface area contributed by atoms with Crippen LogP contribution in [0, 0.1) is 11.7 Å². The molecule has 2 aliphatic rings. The lowest BCUT2D eigenvalue weighted by molar-refractivity contribution is -0.144. The van der Waals surface area contributed by atoms with Gasteiger partial charge in [0, 0.05) is 30.6 Å². The molecule has 1 saturated heterocycles. The summed E-state index contributed by atoms with van der Waals surface area (Å²) in [5.74, 6) is -0.541. The topological polar surface area (TPSA) is 75.4 Å². The van der Waals surface area contributed by atoms with Gasteiger partial charge in [0.15, 0.2) is 0 Å². The Morgan fingerprint density at radius 2 is 2.04 bits per heavy atom. The molecular formula is C21H24FN3O3. The van der Waals surface area contributed by atoms with E-state index in [1.807, 2.05) is 0 Å². The molecule has 0 spiro atoms. The average Bonchev–Trinajstić information content (AvgIpc) is 2.69. The molecule has 1 aromatic carbocycles. The van der Waals surface area contributed by atoms with Crippen LogP contribution in [0.1, 0.15) is 32.1 Å². The quantitative estimate of drug-likeness (QED) is 0.879. The number of likely N-dealkylation sites (tertiary alicyclic amines) is 1. The molecule has 2 heterocycles. The Morgan fingerprint density at radius 1 is 1.21 bits per heavy atom. The zero-order valence-electron chi connectivity index (χ0n) is 15.7. The van der Waals surface area contributed by atoms with Gasteiger partial charge >= 0.3 is 0 Å². The van der Waals surface area contributed by atoms with Crippen molar-refractivity contribution < 1.29 is 14.3 Å². The summed E-state index contributed by atoms with van der Waals surface area (Å²) in [5.41, 5.74) is -0.464. The van der Waals surface area contributed by atoms with Gasteiger partial charge in [0.2, 0.25) is 5.91 Å². The molecule has 6 nitrogen and oxygen atoms in total. The number of halogens is 1. The van der Waals surface area contributed by atoms with Crippen molar-refractivity contribution in [2.24, 2.45) is 5.92 Å². The van der Waals surface area contributed by atoms with Crippen LogP contribution in [0.4, 0.5) is 4.39 Å². The highest BCUT2D eigenvalue weighted by Crippen LogP contribution is 2.39. The first-order chi connectivity index (χ1) is 13.5. The molecule has 1 N–H and O–H groups in total. The number of hydrogen-bond donors (Lipinski definition) is 1. The van der Waals surface area contributed by atoms with Gasteiger partial charge in [0.1, 0.15) is 12.4 Å². The van der Waals surface area contributed by atoms with Crippen molar-refractivity contribution in [2.75, 3.05) is 13.1 Å². The first kappa shape index (κ1) is 18.8. The number of benzene rings is 1. The Balaban J connectivity index is 1.51. The van der Waals surface area contributed by atoms with Gasteiger partial charge in [-0.3, -0.25) is 9.59 Å². The standard InChI is InChI=1S/C21H24FN3O3/c22-17-7-2-1-6-16(17)18-8-9-19(26)25(23-18)14-20(27)24-12-11-21(28)10-4-3-5-15(21)13-24/h1-2,6-9,15,28H,3-5,10-14H2/t15-,21+/m0/s1. The summed E-state index contributed by atoms with van der Waals surface area (Å²) in [7, 11) is 0. The fraction of sp³-hybridized carbons (Fsp3) is 0.476. The molecule has 4 rings (SSSR count). The molecule has 2 aromatic rings. The third-order valence-electron chi connectivity index (χ3n) is 6.08. The highest BCUT2D eigenvalue weighted by Gasteiger charge is 2.43. The molecule has 2 fully saturated rings. The van der Waals surface area contributed by atoms with Gasteiger partial charge in [0.25, 0.3) is 5.56 Å². The summed E-state index contributed by atoms with van der Waals surface area (Å²) >= 11 is 0. The van der Waals surface area contributed by atoms with Gasteiger partial charge in [0.05, 0.1) is 11.3 Å². The minimum absolute atomic E-state index is 0.0911. The molecule has 2 atom stereocenters. The Bertz CT molecular complexity index is 944. The number of aromatic nitrogens is 2. The van der Waals surface area contributed by atoms with Crippen molar-refractivity contribution >= 4 is 5.91 Å². The predicted octanol–water partition coefficient (Wildman–Crippen LogP) is 2.20. The molecule has 1 aromatic heterocycles. The minimum Gasteiger partial charge on any atom is -0.389 e. The maximum Gasteiger partial charge on any atom is 0.267 e. The van der Waals surface area contributed by atoms with Crippen LogP contribution in [0.3, 0.4) is 0 Å².